The maximum absolute atomic E-state index is 11.3. The van der Waals surface area contributed by atoms with Gasteiger partial charge in [-0.1, -0.05) is 28.1 Å². The minimum atomic E-state index is -0.716. The predicted octanol–water partition coefficient (Wildman–Crippen LogP) is 2.37. The third kappa shape index (κ3) is 8.10. The van der Waals surface area contributed by atoms with Crippen LogP contribution >= 0.6 is 15.9 Å². The number of esters is 2. The number of ether oxygens (including phenoxy) is 2. The highest BCUT2D eigenvalue weighted by Gasteiger charge is 2.27. The number of carbonyl (C=O) groups excluding carboxylic acids is 3. The van der Waals surface area contributed by atoms with Crippen LogP contribution in [-0.4, -0.2) is 30.6 Å². The quantitative estimate of drug-likeness (QED) is 0.642. The monoisotopic (exact) mass is 399 g/mol. The number of nitrogens with two attached hydrogens (primary N) is 1. The van der Waals surface area contributed by atoms with Gasteiger partial charge < -0.3 is 15.2 Å². The van der Waals surface area contributed by atoms with Crippen LogP contribution in [0, 0.1) is 5.92 Å². The third-order valence-electron chi connectivity index (χ3n) is 3.44. The van der Waals surface area contributed by atoms with Crippen molar-refractivity contribution in [1.29, 1.82) is 0 Å². The van der Waals surface area contributed by atoms with Crippen LogP contribution in [0.2, 0.25) is 0 Å². The van der Waals surface area contributed by atoms with Crippen LogP contribution < -0.4 is 5.73 Å². The number of primary amides is 1. The Morgan fingerprint density at radius 2 is 1.92 bits per heavy atom. The van der Waals surface area contributed by atoms with Crippen molar-refractivity contribution in [2.24, 2.45) is 11.7 Å². The molecule has 0 bridgehead atoms. The van der Waals surface area contributed by atoms with Gasteiger partial charge in [-0.25, -0.2) is 0 Å². The van der Waals surface area contributed by atoms with Gasteiger partial charge in [0.1, 0.15) is 6.10 Å². The molecule has 0 aliphatic heterocycles. The van der Waals surface area contributed by atoms with E-state index in [1.165, 1.54) is 13.8 Å². The normalized spacial score (nSPS) is 13.0. The molecule has 0 aliphatic rings. The molecule has 0 radical (unpaired) electrons. The fourth-order valence-electron chi connectivity index (χ4n) is 2.36. The average molecular weight is 400 g/mol. The lowest BCUT2D eigenvalue weighted by Crippen LogP contribution is -2.34. The fraction of sp³-hybridized carbons (Fsp3) is 0.471. The minimum absolute atomic E-state index is 0.0641. The Balaban J connectivity index is 2.83. The number of carbonyl (C=O) groups is 3. The predicted molar refractivity (Wildman–Crippen MR) is 92.0 cm³/mol. The van der Waals surface area contributed by atoms with E-state index < -0.39 is 23.9 Å². The SMILES string of the molecule is CC(=O)OCC(CCc1cccc(Br)c1)C(CC(N)=O)OC(C)=O. The van der Waals surface area contributed by atoms with Crippen molar-refractivity contribution in [2.75, 3.05) is 6.61 Å². The lowest BCUT2D eigenvalue weighted by Gasteiger charge is -2.25. The second kappa shape index (κ2) is 10.1. The van der Waals surface area contributed by atoms with E-state index in [1.807, 2.05) is 24.3 Å². The summed E-state index contributed by atoms with van der Waals surface area (Å²) in [5.41, 5.74) is 6.33. The highest BCUT2D eigenvalue weighted by Crippen LogP contribution is 2.21. The molecule has 0 heterocycles. The summed E-state index contributed by atoms with van der Waals surface area (Å²) in [6.07, 6.45) is 0.437. The lowest BCUT2D eigenvalue weighted by atomic mass is 9.92. The van der Waals surface area contributed by atoms with Gasteiger partial charge >= 0.3 is 11.9 Å². The molecule has 0 fully saturated rings. The van der Waals surface area contributed by atoms with Crippen LogP contribution in [0.3, 0.4) is 0 Å². The van der Waals surface area contributed by atoms with Gasteiger partial charge in [-0.2, -0.15) is 0 Å². The largest absolute Gasteiger partial charge is 0.465 e. The summed E-state index contributed by atoms with van der Waals surface area (Å²) in [4.78, 5) is 33.7. The van der Waals surface area contributed by atoms with Crippen molar-refractivity contribution in [1.82, 2.24) is 0 Å². The lowest BCUT2D eigenvalue weighted by molar-refractivity contribution is -0.154. The Kier molecular flexibility index (Phi) is 8.46. The number of halogens is 1. The number of hydrogen-bond donors (Lipinski definition) is 1. The van der Waals surface area contributed by atoms with Gasteiger partial charge in [0, 0.05) is 24.2 Å². The van der Waals surface area contributed by atoms with Crippen molar-refractivity contribution in [3.05, 3.63) is 34.3 Å². The molecule has 0 aromatic heterocycles. The number of amides is 1. The zero-order valence-corrected chi connectivity index (χ0v) is 15.4. The fourth-order valence-corrected chi connectivity index (χ4v) is 2.81. The molecule has 1 amide bonds. The number of rotatable bonds is 9. The maximum atomic E-state index is 11.3. The number of hydrogen-bond acceptors (Lipinski definition) is 5. The zero-order valence-electron chi connectivity index (χ0n) is 13.8. The summed E-state index contributed by atoms with van der Waals surface area (Å²) in [6, 6.07) is 7.81. The van der Waals surface area contributed by atoms with E-state index in [4.69, 9.17) is 15.2 Å². The van der Waals surface area contributed by atoms with Crippen molar-refractivity contribution < 1.29 is 23.9 Å². The Hall–Kier alpha value is -1.89. The van der Waals surface area contributed by atoms with E-state index in [1.54, 1.807) is 0 Å². The standard InChI is InChI=1S/C17H22BrNO5/c1-11(20)23-10-14(16(9-17(19)22)24-12(2)21)7-6-13-4-3-5-15(18)8-13/h3-5,8,14,16H,6-7,9-10H2,1-2H3,(H2,19,22). The van der Waals surface area contributed by atoms with Crippen LogP contribution in [-0.2, 0) is 30.3 Å². The molecule has 2 unspecified atom stereocenters. The third-order valence-corrected chi connectivity index (χ3v) is 3.93. The minimum Gasteiger partial charge on any atom is -0.465 e. The van der Waals surface area contributed by atoms with E-state index in [-0.39, 0.29) is 18.9 Å². The number of benzene rings is 1. The van der Waals surface area contributed by atoms with Crippen molar-refractivity contribution in [3.63, 3.8) is 0 Å². The van der Waals surface area contributed by atoms with E-state index in [9.17, 15) is 14.4 Å². The van der Waals surface area contributed by atoms with Crippen LogP contribution in [0.15, 0.2) is 28.7 Å². The molecule has 0 spiro atoms. The van der Waals surface area contributed by atoms with Crippen LogP contribution in [0.1, 0.15) is 32.3 Å². The molecule has 1 aromatic rings. The first-order chi connectivity index (χ1) is 11.3. The van der Waals surface area contributed by atoms with Gasteiger partial charge in [-0.15, -0.1) is 0 Å². The first-order valence-electron chi connectivity index (χ1n) is 7.61. The van der Waals surface area contributed by atoms with Gasteiger partial charge in [0.2, 0.25) is 5.91 Å². The summed E-state index contributed by atoms with van der Waals surface area (Å²) in [5, 5.41) is 0. The highest BCUT2D eigenvalue weighted by molar-refractivity contribution is 9.10. The molecule has 7 heteroatoms. The molecule has 24 heavy (non-hydrogen) atoms. The molecular weight excluding hydrogens is 378 g/mol. The number of aryl methyl sites for hydroxylation is 1. The Morgan fingerprint density at radius 1 is 1.21 bits per heavy atom. The molecule has 2 N–H and O–H groups in total. The van der Waals surface area contributed by atoms with Gasteiger partial charge in [0.25, 0.3) is 0 Å². The van der Waals surface area contributed by atoms with Gasteiger partial charge in [0.15, 0.2) is 0 Å². The van der Waals surface area contributed by atoms with E-state index >= 15 is 0 Å². The van der Waals surface area contributed by atoms with Crippen LogP contribution in [0.4, 0.5) is 0 Å². The average Bonchev–Trinajstić information content (AvgIpc) is 2.45. The maximum Gasteiger partial charge on any atom is 0.302 e. The molecule has 6 nitrogen and oxygen atoms in total. The smallest absolute Gasteiger partial charge is 0.302 e. The van der Waals surface area contributed by atoms with Crippen LogP contribution in [0.25, 0.3) is 0 Å². The topological polar surface area (TPSA) is 95.7 Å². The van der Waals surface area contributed by atoms with Crippen molar-refractivity contribution >= 4 is 33.8 Å². The zero-order chi connectivity index (χ0) is 18.1. The molecule has 1 aromatic carbocycles. The summed E-state index contributed by atoms with van der Waals surface area (Å²) in [7, 11) is 0. The summed E-state index contributed by atoms with van der Waals surface area (Å²) in [5.74, 6) is -1.82. The summed E-state index contributed by atoms with van der Waals surface area (Å²) in [6.45, 7) is 2.64. The Bertz CT molecular complexity index is 574. The molecule has 132 valence electrons. The van der Waals surface area contributed by atoms with Gasteiger partial charge in [-0.05, 0) is 30.5 Å². The molecule has 0 saturated carbocycles. The van der Waals surface area contributed by atoms with Gasteiger partial charge in [-0.3, -0.25) is 14.4 Å². The highest BCUT2D eigenvalue weighted by atomic mass is 79.9. The summed E-state index contributed by atoms with van der Waals surface area (Å²) >= 11 is 3.41. The van der Waals surface area contributed by atoms with E-state index in [0.29, 0.717) is 12.8 Å². The molecule has 0 saturated heterocycles. The van der Waals surface area contributed by atoms with Crippen LogP contribution in [0.5, 0.6) is 0 Å². The molecule has 2 atom stereocenters. The molecular formula is C17H22BrNO5. The van der Waals surface area contributed by atoms with Gasteiger partial charge in [0.05, 0.1) is 13.0 Å². The second-order valence-corrected chi connectivity index (χ2v) is 6.47. The van der Waals surface area contributed by atoms with Crippen molar-refractivity contribution in [2.45, 2.75) is 39.2 Å². The van der Waals surface area contributed by atoms with E-state index in [2.05, 4.69) is 15.9 Å². The van der Waals surface area contributed by atoms with Crippen molar-refractivity contribution in [3.8, 4) is 0 Å². The second-order valence-electron chi connectivity index (χ2n) is 5.55. The first-order valence-corrected chi connectivity index (χ1v) is 8.40. The Labute approximate surface area is 149 Å². The van der Waals surface area contributed by atoms with E-state index in [0.717, 1.165) is 10.0 Å². The summed E-state index contributed by atoms with van der Waals surface area (Å²) < 4.78 is 11.3. The molecule has 1 rings (SSSR count). The molecule has 0 aliphatic carbocycles. The Morgan fingerprint density at radius 3 is 2.46 bits per heavy atom. The first kappa shape index (κ1) is 20.2.